The Morgan fingerprint density at radius 2 is 1.90 bits per heavy atom. The van der Waals surface area contributed by atoms with Crippen LogP contribution in [0.1, 0.15) is 18.3 Å². The van der Waals surface area contributed by atoms with Crippen molar-refractivity contribution in [3.8, 4) is 0 Å². The normalized spacial score (nSPS) is 11.3. The third-order valence-corrected chi connectivity index (χ3v) is 4.19. The summed E-state index contributed by atoms with van der Waals surface area (Å²) in [6.45, 7) is 3.78. The van der Waals surface area contributed by atoms with Gasteiger partial charge in [-0.3, -0.25) is 9.71 Å². The van der Waals surface area contributed by atoms with Crippen LogP contribution in [0.3, 0.4) is 0 Å². The lowest BCUT2D eigenvalue weighted by atomic mass is 10.3. The van der Waals surface area contributed by atoms with E-state index in [-0.39, 0.29) is 10.7 Å². The number of aryl methyl sites for hydroxylation is 2. The zero-order valence-corrected chi connectivity index (χ0v) is 12.1. The molecule has 106 valence electrons. The van der Waals surface area contributed by atoms with Gasteiger partial charge >= 0.3 is 0 Å². The van der Waals surface area contributed by atoms with Crippen molar-refractivity contribution in [2.24, 2.45) is 0 Å². The van der Waals surface area contributed by atoms with Crippen molar-refractivity contribution in [3.63, 3.8) is 0 Å². The molecule has 0 amide bonds. The van der Waals surface area contributed by atoms with E-state index in [0.29, 0.717) is 12.1 Å². The lowest BCUT2D eigenvalue weighted by Gasteiger charge is -2.09. The maximum absolute atomic E-state index is 12.2. The molecule has 2 rings (SSSR count). The van der Waals surface area contributed by atoms with Gasteiger partial charge in [-0.2, -0.15) is 0 Å². The predicted molar refractivity (Wildman–Crippen MR) is 77.8 cm³/mol. The van der Waals surface area contributed by atoms with Gasteiger partial charge in [-0.25, -0.2) is 13.4 Å². The fraction of sp³-hybridized carbons (Fsp3) is 0.231. The third-order valence-electron chi connectivity index (χ3n) is 2.82. The maximum atomic E-state index is 12.2. The summed E-state index contributed by atoms with van der Waals surface area (Å²) in [7, 11) is -3.68. The molecule has 2 aromatic rings. The minimum atomic E-state index is -3.68. The summed E-state index contributed by atoms with van der Waals surface area (Å²) in [6, 6.07) is 5.96. The second-order valence-electron chi connectivity index (χ2n) is 4.32. The quantitative estimate of drug-likeness (QED) is 0.836. The van der Waals surface area contributed by atoms with E-state index in [2.05, 4.69) is 14.7 Å². The molecule has 0 spiro atoms. The van der Waals surface area contributed by atoms with Gasteiger partial charge < -0.3 is 5.73 Å². The van der Waals surface area contributed by atoms with Gasteiger partial charge in [0.1, 0.15) is 0 Å². The van der Waals surface area contributed by atoms with Gasteiger partial charge in [-0.1, -0.05) is 6.92 Å². The van der Waals surface area contributed by atoms with Crippen LogP contribution in [0.4, 0.5) is 11.5 Å². The van der Waals surface area contributed by atoms with E-state index in [1.54, 1.807) is 0 Å². The molecule has 0 aliphatic rings. The number of benzene rings is 1. The number of hydrogen-bond donors (Lipinski definition) is 2. The third kappa shape index (κ3) is 3.05. The Labute approximate surface area is 118 Å². The lowest BCUT2D eigenvalue weighted by molar-refractivity contribution is 0.601. The van der Waals surface area contributed by atoms with Crippen molar-refractivity contribution < 1.29 is 8.42 Å². The van der Waals surface area contributed by atoms with Crippen molar-refractivity contribution in [3.05, 3.63) is 41.9 Å². The highest BCUT2D eigenvalue weighted by Crippen LogP contribution is 2.16. The maximum Gasteiger partial charge on any atom is 0.263 e. The van der Waals surface area contributed by atoms with Crippen molar-refractivity contribution in [2.45, 2.75) is 25.2 Å². The minimum Gasteiger partial charge on any atom is -0.399 e. The molecule has 1 heterocycles. The number of sulfonamides is 1. The van der Waals surface area contributed by atoms with Crippen LogP contribution in [-0.2, 0) is 16.4 Å². The molecule has 0 aliphatic carbocycles. The number of nitrogens with two attached hydrogens (primary N) is 1. The van der Waals surface area contributed by atoms with Crippen molar-refractivity contribution in [1.82, 2.24) is 9.97 Å². The van der Waals surface area contributed by atoms with E-state index in [1.165, 1.54) is 30.5 Å². The van der Waals surface area contributed by atoms with Gasteiger partial charge in [0.15, 0.2) is 5.82 Å². The van der Waals surface area contributed by atoms with Crippen LogP contribution in [0.5, 0.6) is 0 Å². The lowest BCUT2D eigenvalue weighted by Crippen LogP contribution is -2.15. The molecule has 0 aliphatic heterocycles. The first-order chi connectivity index (χ1) is 9.42. The first-order valence-corrected chi connectivity index (χ1v) is 7.61. The van der Waals surface area contributed by atoms with Crippen LogP contribution < -0.4 is 10.5 Å². The predicted octanol–water partition coefficient (Wildman–Crippen LogP) is 1.73. The fourth-order valence-corrected chi connectivity index (χ4v) is 2.70. The number of nitrogen functional groups attached to an aromatic ring is 1. The Hall–Kier alpha value is -2.15. The van der Waals surface area contributed by atoms with Gasteiger partial charge in [0.05, 0.1) is 22.5 Å². The molecular formula is C13H16N4O2S. The molecule has 0 unspecified atom stereocenters. The van der Waals surface area contributed by atoms with Gasteiger partial charge in [0, 0.05) is 5.69 Å². The van der Waals surface area contributed by atoms with E-state index < -0.39 is 10.0 Å². The molecule has 1 aromatic carbocycles. The SMILES string of the molecule is CCc1nc(NS(=O)(=O)c2ccc(N)cc2)cnc1C. The summed E-state index contributed by atoms with van der Waals surface area (Å²) in [4.78, 5) is 8.51. The van der Waals surface area contributed by atoms with Crippen molar-refractivity contribution >= 4 is 21.5 Å². The largest absolute Gasteiger partial charge is 0.399 e. The average molecular weight is 292 g/mol. The number of aromatic nitrogens is 2. The van der Waals surface area contributed by atoms with E-state index in [1.807, 2.05) is 13.8 Å². The first kappa shape index (κ1) is 14.3. The molecule has 0 saturated carbocycles. The van der Waals surface area contributed by atoms with E-state index >= 15 is 0 Å². The van der Waals surface area contributed by atoms with E-state index in [0.717, 1.165) is 11.4 Å². The van der Waals surface area contributed by atoms with E-state index in [4.69, 9.17) is 5.73 Å². The highest BCUT2D eigenvalue weighted by atomic mass is 32.2. The highest BCUT2D eigenvalue weighted by molar-refractivity contribution is 7.92. The Bertz CT molecular complexity index is 712. The molecule has 0 saturated heterocycles. The number of nitrogens with zero attached hydrogens (tertiary/aromatic N) is 2. The Kier molecular flexibility index (Phi) is 3.89. The zero-order valence-electron chi connectivity index (χ0n) is 11.3. The Morgan fingerprint density at radius 1 is 1.25 bits per heavy atom. The topological polar surface area (TPSA) is 98.0 Å². The Morgan fingerprint density at radius 3 is 2.50 bits per heavy atom. The monoisotopic (exact) mass is 292 g/mol. The average Bonchev–Trinajstić information content (AvgIpc) is 2.41. The summed E-state index contributed by atoms with van der Waals surface area (Å²) in [5.74, 6) is 0.212. The van der Waals surface area contributed by atoms with Crippen molar-refractivity contribution in [1.29, 1.82) is 0 Å². The highest BCUT2D eigenvalue weighted by Gasteiger charge is 2.15. The molecule has 3 N–H and O–H groups in total. The molecule has 0 radical (unpaired) electrons. The first-order valence-electron chi connectivity index (χ1n) is 6.13. The van der Waals surface area contributed by atoms with Crippen LogP contribution in [-0.4, -0.2) is 18.4 Å². The number of hydrogen-bond acceptors (Lipinski definition) is 5. The molecule has 0 fully saturated rings. The number of rotatable bonds is 4. The molecule has 0 bridgehead atoms. The summed E-state index contributed by atoms with van der Waals surface area (Å²) >= 11 is 0. The van der Waals surface area contributed by atoms with Gasteiger partial charge in [0.2, 0.25) is 0 Å². The van der Waals surface area contributed by atoms with Gasteiger partial charge in [-0.15, -0.1) is 0 Å². The minimum absolute atomic E-state index is 0.132. The van der Waals surface area contributed by atoms with E-state index in [9.17, 15) is 8.42 Å². The molecule has 6 nitrogen and oxygen atoms in total. The molecule has 1 aromatic heterocycles. The van der Waals surface area contributed by atoms with Gasteiger partial charge in [0.25, 0.3) is 10.0 Å². The summed E-state index contributed by atoms with van der Waals surface area (Å²) in [5.41, 5.74) is 7.61. The fourth-order valence-electron chi connectivity index (χ4n) is 1.72. The van der Waals surface area contributed by atoms with Crippen molar-refractivity contribution in [2.75, 3.05) is 10.5 Å². The second-order valence-corrected chi connectivity index (χ2v) is 6.00. The summed E-state index contributed by atoms with van der Waals surface area (Å²) in [5, 5.41) is 0. The second kappa shape index (κ2) is 5.46. The van der Waals surface area contributed by atoms with Crippen LogP contribution in [0.15, 0.2) is 35.4 Å². The smallest absolute Gasteiger partial charge is 0.263 e. The molecule has 7 heteroatoms. The van der Waals surface area contributed by atoms with Crippen LogP contribution in [0, 0.1) is 6.92 Å². The molecule has 0 atom stereocenters. The van der Waals surface area contributed by atoms with Crippen LogP contribution in [0.2, 0.25) is 0 Å². The molecule has 20 heavy (non-hydrogen) atoms. The molecular weight excluding hydrogens is 276 g/mol. The van der Waals surface area contributed by atoms with Gasteiger partial charge in [-0.05, 0) is 37.6 Å². The summed E-state index contributed by atoms with van der Waals surface area (Å²) in [6.07, 6.45) is 2.10. The van der Waals surface area contributed by atoms with Crippen LogP contribution >= 0.6 is 0 Å². The summed E-state index contributed by atoms with van der Waals surface area (Å²) < 4.78 is 26.8. The number of nitrogens with one attached hydrogen (secondary N) is 1. The Balaban J connectivity index is 2.30. The standard InChI is InChI=1S/C13H16N4O2S/c1-3-12-9(2)15-8-13(16-12)17-20(18,19)11-6-4-10(14)5-7-11/h4-8H,3,14H2,1-2H3,(H,16,17). The zero-order chi connectivity index (χ0) is 14.8. The van der Waals surface area contributed by atoms with Crippen LogP contribution in [0.25, 0.3) is 0 Å². The number of anilines is 2.